The molecule has 0 saturated carbocycles. The summed E-state index contributed by atoms with van der Waals surface area (Å²) in [6.07, 6.45) is -4.11. The highest BCUT2D eigenvalue weighted by molar-refractivity contribution is 5.45. The maximum atomic E-state index is 12.6. The number of rotatable bonds is 5. The van der Waals surface area contributed by atoms with E-state index < -0.39 is 17.8 Å². The van der Waals surface area contributed by atoms with Crippen LogP contribution in [-0.2, 0) is 10.9 Å². The Kier molecular flexibility index (Phi) is 4.71. The summed E-state index contributed by atoms with van der Waals surface area (Å²) in [5.74, 6) is -0.296. The topological polar surface area (TPSA) is 54.4 Å². The van der Waals surface area contributed by atoms with Crippen LogP contribution in [0.4, 0.5) is 19.0 Å². The van der Waals surface area contributed by atoms with Crippen molar-refractivity contribution >= 4 is 5.82 Å². The highest BCUT2D eigenvalue weighted by atomic mass is 19.4. The molecule has 0 spiro atoms. The molecule has 0 aliphatic carbocycles. The van der Waals surface area contributed by atoms with Crippen molar-refractivity contribution in [2.45, 2.75) is 12.3 Å². The summed E-state index contributed by atoms with van der Waals surface area (Å²) in [4.78, 5) is 3.59. The van der Waals surface area contributed by atoms with E-state index >= 15 is 0 Å². The minimum Gasteiger partial charge on any atom is -0.389 e. The van der Waals surface area contributed by atoms with Gasteiger partial charge in [0.1, 0.15) is 5.82 Å². The van der Waals surface area contributed by atoms with Gasteiger partial charge in [0.2, 0.25) is 0 Å². The SMILES string of the molecule is COC[C@@H](O)CNc1ncccc1C(F)(F)F. The number of aliphatic hydroxyl groups is 1. The quantitative estimate of drug-likeness (QED) is 0.832. The van der Waals surface area contributed by atoms with Crippen LogP contribution in [0.1, 0.15) is 5.56 Å². The van der Waals surface area contributed by atoms with Crippen molar-refractivity contribution < 1.29 is 23.0 Å². The molecule has 0 aliphatic heterocycles. The molecule has 1 heterocycles. The summed E-state index contributed by atoms with van der Waals surface area (Å²) in [7, 11) is 1.39. The van der Waals surface area contributed by atoms with E-state index in [1.807, 2.05) is 0 Å². The number of anilines is 1. The Morgan fingerprint density at radius 3 is 2.82 bits per heavy atom. The normalized spacial score (nSPS) is 13.5. The minimum atomic E-state index is -4.47. The fraction of sp³-hybridized carbons (Fsp3) is 0.500. The number of nitrogens with one attached hydrogen (secondary N) is 1. The fourth-order valence-electron chi connectivity index (χ4n) is 1.24. The third-order valence-electron chi connectivity index (χ3n) is 1.98. The summed E-state index contributed by atoms with van der Waals surface area (Å²) in [6.45, 7) is -0.0187. The number of ether oxygens (including phenoxy) is 1. The van der Waals surface area contributed by atoms with Crippen LogP contribution in [0.5, 0.6) is 0 Å². The molecular formula is C10H13F3N2O2. The third-order valence-corrected chi connectivity index (χ3v) is 1.98. The lowest BCUT2D eigenvalue weighted by molar-refractivity contribution is -0.137. The van der Waals surface area contributed by atoms with Gasteiger partial charge in [-0.05, 0) is 12.1 Å². The predicted octanol–water partition coefficient (Wildman–Crippen LogP) is 1.52. The number of hydrogen-bond acceptors (Lipinski definition) is 4. The van der Waals surface area contributed by atoms with E-state index in [0.29, 0.717) is 0 Å². The molecule has 1 aromatic rings. The van der Waals surface area contributed by atoms with Gasteiger partial charge in [-0.15, -0.1) is 0 Å². The van der Waals surface area contributed by atoms with E-state index in [1.54, 1.807) is 0 Å². The lowest BCUT2D eigenvalue weighted by Gasteiger charge is -2.15. The minimum absolute atomic E-state index is 0.0428. The average molecular weight is 250 g/mol. The molecule has 0 aromatic carbocycles. The maximum absolute atomic E-state index is 12.6. The van der Waals surface area contributed by atoms with Crippen molar-refractivity contribution in [1.29, 1.82) is 0 Å². The zero-order chi connectivity index (χ0) is 12.9. The number of aliphatic hydroxyl groups excluding tert-OH is 1. The maximum Gasteiger partial charge on any atom is 0.419 e. The van der Waals surface area contributed by atoms with E-state index in [-0.39, 0.29) is 19.0 Å². The van der Waals surface area contributed by atoms with E-state index in [0.717, 1.165) is 6.07 Å². The highest BCUT2D eigenvalue weighted by Gasteiger charge is 2.34. The van der Waals surface area contributed by atoms with Crippen molar-refractivity contribution in [3.05, 3.63) is 23.9 Å². The van der Waals surface area contributed by atoms with Crippen LogP contribution >= 0.6 is 0 Å². The van der Waals surface area contributed by atoms with Gasteiger partial charge in [0.25, 0.3) is 0 Å². The summed E-state index contributed by atoms with van der Waals surface area (Å²) in [5.41, 5.74) is -0.857. The lowest BCUT2D eigenvalue weighted by Crippen LogP contribution is -2.25. The number of pyridine rings is 1. The van der Waals surface area contributed by atoms with E-state index in [1.165, 1.54) is 19.4 Å². The van der Waals surface area contributed by atoms with Gasteiger partial charge < -0.3 is 15.2 Å². The Morgan fingerprint density at radius 1 is 1.53 bits per heavy atom. The number of methoxy groups -OCH3 is 1. The first-order valence-corrected chi connectivity index (χ1v) is 4.88. The number of halogens is 3. The number of alkyl halides is 3. The second kappa shape index (κ2) is 5.83. The van der Waals surface area contributed by atoms with Crippen LogP contribution in [0.2, 0.25) is 0 Å². The summed E-state index contributed by atoms with van der Waals surface area (Å²) in [6, 6.07) is 2.14. The monoisotopic (exact) mass is 250 g/mol. The fourth-order valence-corrected chi connectivity index (χ4v) is 1.24. The van der Waals surface area contributed by atoms with Gasteiger partial charge in [0.05, 0.1) is 18.3 Å². The lowest BCUT2D eigenvalue weighted by atomic mass is 10.2. The van der Waals surface area contributed by atoms with Gasteiger partial charge in [0.15, 0.2) is 0 Å². The van der Waals surface area contributed by atoms with Crippen molar-refractivity contribution in [3.63, 3.8) is 0 Å². The van der Waals surface area contributed by atoms with Crippen LogP contribution in [0.25, 0.3) is 0 Å². The van der Waals surface area contributed by atoms with Gasteiger partial charge in [-0.3, -0.25) is 0 Å². The Bertz CT molecular complexity index is 358. The summed E-state index contributed by atoms with van der Waals surface area (Å²) in [5, 5.41) is 11.8. The van der Waals surface area contributed by atoms with E-state index in [2.05, 4.69) is 15.0 Å². The second-order valence-electron chi connectivity index (χ2n) is 3.39. The molecule has 4 nitrogen and oxygen atoms in total. The Balaban J connectivity index is 2.71. The van der Waals surface area contributed by atoms with E-state index in [9.17, 15) is 18.3 Å². The molecule has 0 bridgehead atoms. The van der Waals surface area contributed by atoms with E-state index in [4.69, 9.17) is 0 Å². The molecule has 0 amide bonds. The zero-order valence-corrected chi connectivity index (χ0v) is 9.16. The molecule has 2 N–H and O–H groups in total. The van der Waals surface area contributed by atoms with Gasteiger partial charge in [-0.25, -0.2) is 4.98 Å². The molecule has 0 saturated heterocycles. The van der Waals surface area contributed by atoms with Crippen molar-refractivity contribution in [2.24, 2.45) is 0 Å². The van der Waals surface area contributed by atoms with Crippen molar-refractivity contribution in [1.82, 2.24) is 4.98 Å². The Hall–Kier alpha value is -1.34. The summed E-state index contributed by atoms with van der Waals surface area (Å²) < 4.78 is 42.3. The molecule has 17 heavy (non-hydrogen) atoms. The molecule has 0 fully saturated rings. The van der Waals surface area contributed by atoms with Gasteiger partial charge in [-0.2, -0.15) is 13.2 Å². The molecule has 1 atom stereocenters. The average Bonchev–Trinajstić information content (AvgIpc) is 2.26. The van der Waals surface area contributed by atoms with Crippen LogP contribution in [-0.4, -0.2) is 36.5 Å². The molecule has 0 radical (unpaired) electrons. The van der Waals surface area contributed by atoms with Crippen LogP contribution in [0.15, 0.2) is 18.3 Å². The van der Waals surface area contributed by atoms with Crippen LogP contribution < -0.4 is 5.32 Å². The highest BCUT2D eigenvalue weighted by Crippen LogP contribution is 2.33. The first-order chi connectivity index (χ1) is 7.95. The molecule has 0 unspecified atom stereocenters. The first kappa shape index (κ1) is 13.7. The molecule has 7 heteroatoms. The van der Waals surface area contributed by atoms with Gasteiger partial charge in [-0.1, -0.05) is 0 Å². The number of aromatic nitrogens is 1. The first-order valence-electron chi connectivity index (χ1n) is 4.88. The molecule has 0 aliphatic rings. The number of hydrogen-bond donors (Lipinski definition) is 2. The standard InChI is InChI=1S/C10H13F3N2O2/c1-17-6-7(16)5-15-9-8(10(11,12)13)3-2-4-14-9/h2-4,7,16H,5-6H2,1H3,(H,14,15)/t7-/m0/s1. The Labute approximate surface area is 96.4 Å². The zero-order valence-electron chi connectivity index (χ0n) is 9.16. The van der Waals surface area contributed by atoms with Crippen molar-refractivity contribution in [3.8, 4) is 0 Å². The molecule has 1 rings (SSSR count). The third kappa shape index (κ3) is 4.20. The smallest absolute Gasteiger partial charge is 0.389 e. The molecule has 1 aromatic heterocycles. The van der Waals surface area contributed by atoms with Gasteiger partial charge >= 0.3 is 6.18 Å². The predicted molar refractivity (Wildman–Crippen MR) is 55.6 cm³/mol. The van der Waals surface area contributed by atoms with Crippen LogP contribution in [0.3, 0.4) is 0 Å². The second-order valence-corrected chi connectivity index (χ2v) is 3.39. The van der Waals surface area contributed by atoms with Crippen LogP contribution in [0, 0.1) is 0 Å². The molecule has 96 valence electrons. The largest absolute Gasteiger partial charge is 0.419 e. The summed E-state index contributed by atoms with van der Waals surface area (Å²) >= 11 is 0. The van der Waals surface area contributed by atoms with Crippen molar-refractivity contribution in [2.75, 3.05) is 25.6 Å². The van der Waals surface area contributed by atoms with Gasteiger partial charge in [0, 0.05) is 19.9 Å². The number of nitrogens with zero attached hydrogens (tertiary/aromatic N) is 1. The Morgan fingerprint density at radius 2 is 2.24 bits per heavy atom. The molecular weight excluding hydrogens is 237 g/mol.